The van der Waals surface area contributed by atoms with Crippen LogP contribution in [0.15, 0.2) is 30.6 Å². The van der Waals surface area contributed by atoms with Gasteiger partial charge in [0.1, 0.15) is 11.3 Å². The van der Waals surface area contributed by atoms with Crippen molar-refractivity contribution in [3.05, 3.63) is 36.4 Å². The molecule has 14 nitrogen and oxygen atoms in total. The molecule has 3 aromatic heterocycles. The summed E-state index contributed by atoms with van der Waals surface area (Å²) in [5.41, 5.74) is 1.19. The average Bonchev–Trinajstić information content (AvgIpc) is 3.45. The summed E-state index contributed by atoms with van der Waals surface area (Å²) in [6, 6.07) is 5.04. The third-order valence-corrected chi connectivity index (χ3v) is 7.29. The van der Waals surface area contributed by atoms with E-state index in [1.54, 1.807) is 30.6 Å². The Morgan fingerprint density at radius 1 is 0.953 bits per heavy atom. The normalized spacial score (nSPS) is 16.2. The number of alkyl halides is 2. The van der Waals surface area contributed by atoms with E-state index in [0.717, 1.165) is 39.4 Å². The number of halogens is 2. The number of imidazole rings is 1. The number of nitrogens with one attached hydrogen (secondary N) is 1. The van der Waals surface area contributed by atoms with Crippen LogP contribution >= 0.6 is 0 Å². The molecule has 0 spiro atoms. The minimum atomic E-state index is -2.89. The quantitative estimate of drug-likeness (QED) is 0.287. The molecule has 0 amide bonds. The lowest BCUT2D eigenvalue weighted by atomic mass is 10.3. The van der Waals surface area contributed by atoms with Crippen molar-refractivity contribution in [2.24, 2.45) is 0 Å². The van der Waals surface area contributed by atoms with E-state index < -0.39 is 12.2 Å². The Labute approximate surface area is 246 Å². The number of hydrogen-bond acceptors (Lipinski definition) is 13. The summed E-state index contributed by atoms with van der Waals surface area (Å²) in [5, 5.41) is 3.12. The van der Waals surface area contributed by atoms with Gasteiger partial charge in [-0.15, -0.1) is 0 Å². The van der Waals surface area contributed by atoms with Gasteiger partial charge in [-0.25, -0.2) is 23.7 Å². The Hall–Kier alpha value is -4.28. The van der Waals surface area contributed by atoms with Crippen LogP contribution < -0.4 is 19.9 Å². The third kappa shape index (κ3) is 6.40. The van der Waals surface area contributed by atoms with Gasteiger partial charge < -0.3 is 29.3 Å². The lowest BCUT2D eigenvalue weighted by Crippen LogP contribution is -2.41. The smallest absolute Gasteiger partial charge is 0.296 e. The average molecular weight is 598 g/mol. The summed E-state index contributed by atoms with van der Waals surface area (Å²) in [6.45, 7) is 7.05. The van der Waals surface area contributed by atoms with Crippen LogP contribution in [0.1, 0.15) is 12.2 Å². The van der Waals surface area contributed by atoms with Crippen molar-refractivity contribution >= 4 is 34.6 Å². The Bertz CT molecular complexity index is 1530. The standard InChI is InChI=1S/C27H33F2N11O3/c1-37(6-7-38-8-12-42-13-9-38)25-30-16-18(17-31-25)32-24-34-26(39-10-14-43-15-11-39)36-27(35-24)40-19-4-3-5-20(41-2)21(19)33-23(40)22(28)29/h3-5,16-17,22H,6-15H2,1-2H3,(H,32,34,35,36). The predicted molar refractivity (Wildman–Crippen MR) is 155 cm³/mol. The highest BCUT2D eigenvalue weighted by atomic mass is 19.3. The maximum atomic E-state index is 14.3. The number of morpholine rings is 2. The molecular formula is C27H33F2N11O3. The van der Waals surface area contributed by atoms with E-state index >= 15 is 0 Å². The molecule has 0 unspecified atom stereocenters. The second-order valence-corrected chi connectivity index (χ2v) is 10.1. The fraction of sp³-hybridized carbons (Fsp3) is 0.481. The van der Waals surface area contributed by atoms with Crippen molar-refractivity contribution in [3.63, 3.8) is 0 Å². The second kappa shape index (κ2) is 12.9. The van der Waals surface area contributed by atoms with E-state index in [-0.39, 0.29) is 17.4 Å². The molecule has 2 aliphatic heterocycles. The summed E-state index contributed by atoms with van der Waals surface area (Å²) in [6.07, 6.45) is 0.374. The summed E-state index contributed by atoms with van der Waals surface area (Å²) in [7, 11) is 3.41. The Morgan fingerprint density at radius 3 is 2.35 bits per heavy atom. The molecule has 2 fully saturated rings. The van der Waals surface area contributed by atoms with Crippen LogP contribution in [0.5, 0.6) is 5.75 Å². The molecule has 0 saturated carbocycles. The largest absolute Gasteiger partial charge is 0.494 e. The molecule has 2 saturated heterocycles. The highest BCUT2D eigenvalue weighted by molar-refractivity contribution is 5.84. The van der Waals surface area contributed by atoms with Gasteiger partial charge in [0.25, 0.3) is 6.43 Å². The van der Waals surface area contributed by atoms with Crippen LogP contribution in [-0.2, 0) is 9.47 Å². The first kappa shape index (κ1) is 28.8. The molecule has 1 N–H and O–H groups in total. The number of para-hydroxylation sites is 1. The molecule has 6 rings (SSSR count). The first-order valence-corrected chi connectivity index (χ1v) is 14.0. The van der Waals surface area contributed by atoms with Gasteiger partial charge in [-0.2, -0.15) is 15.0 Å². The van der Waals surface area contributed by atoms with Gasteiger partial charge in [0.2, 0.25) is 23.8 Å². The maximum absolute atomic E-state index is 14.3. The molecule has 0 atom stereocenters. The number of rotatable bonds is 10. The number of methoxy groups -OCH3 is 1. The molecule has 0 aliphatic carbocycles. The van der Waals surface area contributed by atoms with Crippen LogP contribution in [0.3, 0.4) is 0 Å². The molecule has 0 radical (unpaired) electrons. The fourth-order valence-corrected chi connectivity index (χ4v) is 4.96. The Balaban J connectivity index is 1.30. The molecule has 228 valence electrons. The monoisotopic (exact) mass is 597 g/mol. The predicted octanol–water partition coefficient (Wildman–Crippen LogP) is 2.30. The van der Waals surface area contributed by atoms with Gasteiger partial charge in [-0.3, -0.25) is 9.47 Å². The number of ether oxygens (including phenoxy) is 3. The summed E-state index contributed by atoms with van der Waals surface area (Å²) in [4.78, 5) is 33.2. The molecule has 5 heterocycles. The first-order valence-electron chi connectivity index (χ1n) is 14.0. The van der Waals surface area contributed by atoms with Gasteiger partial charge in [-0.05, 0) is 12.1 Å². The highest BCUT2D eigenvalue weighted by Gasteiger charge is 2.26. The van der Waals surface area contributed by atoms with Crippen LogP contribution in [0, 0.1) is 0 Å². The van der Waals surface area contributed by atoms with Gasteiger partial charge in [0.05, 0.1) is 57.1 Å². The molecule has 1 aromatic carbocycles. The SMILES string of the molecule is COc1cccc2c1nc(C(F)F)n2-c1nc(Nc2cnc(N(C)CCN3CCOCC3)nc2)nc(N2CCOCC2)n1. The number of benzene rings is 1. The molecule has 16 heteroatoms. The first-order chi connectivity index (χ1) is 21.0. The number of aromatic nitrogens is 7. The minimum absolute atomic E-state index is 0.00886. The second-order valence-electron chi connectivity index (χ2n) is 10.1. The topological polar surface area (TPSA) is 132 Å². The highest BCUT2D eigenvalue weighted by Crippen LogP contribution is 2.32. The summed E-state index contributed by atoms with van der Waals surface area (Å²) < 4.78 is 46.1. The fourth-order valence-electron chi connectivity index (χ4n) is 4.96. The number of nitrogens with zero attached hydrogens (tertiary/aromatic N) is 10. The van der Waals surface area contributed by atoms with Crippen molar-refractivity contribution < 1.29 is 23.0 Å². The summed E-state index contributed by atoms with van der Waals surface area (Å²) in [5.74, 6) is 0.896. The lowest BCUT2D eigenvalue weighted by Gasteiger charge is -2.28. The molecule has 2 aliphatic rings. The number of anilines is 4. The molecular weight excluding hydrogens is 564 g/mol. The van der Waals surface area contributed by atoms with Crippen molar-refractivity contribution in [2.75, 3.05) is 95.0 Å². The van der Waals surface area contributed by atoms with Crippen LogP contribution in [0.4, 0.5) is 32.3 Å². The van der Waals surface area contributed by atoms with Gasteiger partial charge >= 0.3 is 0 Å². The van der Waals surface area contributed by atoms with Crippen molar-refractivity contribution in [3.8, 4) is 11.7 Å². The third-order valence-electron chi connectivity index (χ3n) is 7.29. The van der Waals surface area contributed by atoms with Gasteiger partial charge in [0, 0.05) is 46.3 Å². The van der Waals surface area contributed by atoms with Crippen LogP contribution in [-0.4, -0.2) is 119 Å². The van der Waals surface area contributed by atoms with Crippen molar-refractivity contribution in [2.45, 2.75) is 6.43 Å². The van der Waals surface area contributed by atoms with Crippen molar-refractivity contribution in [1.29, 1.82) is 0 Å². The number of likely N-dealkylation sites (N-methyl/N-ethyl adjacent to an activating group) is 1. The van der Waals surface area contributed by atoms with Crippen LogP contribution in [0.2, 0.25) is 0 Å². The van der Waals surface area contributed by atoms with E-state index in [2.05, 4.69) is 40.1 Å². The van der Waals surface area contributed by atoms with E-state index in [0.29, 0.717) is 55.2 Å². The van der Waals surface area contributed by atoms with Crippen LogP contribution in [0.25, 0.3) is 17.0 Å². The molecule has 4 aromatic rings. The van der Waals surface area contributed by atoms with E-state index in [1.807, 2.05) is 16.8 Å². The zero-order valence-electron chi connectivity index (χ0n) is 24.0. The zero-order chi connectivity index (χ0) is 29.8. The van der Waals surface area contributed by atoms with E-state index in [1.165, 1.54) is 11.7 Å². The van der Waals surface area contributed by atoms with E-state index in [9.17, 15) is 8.78 Å². The maximum Gasteiger partial charge on any atom is 0.296 e. The van der Waals surface area contributed by atoms with Gasteiger partial charge in [0.15, 0.2) is 5.82 Å². The van der Waals surface area contributed by atoms with Crippen molar-refractivity contribution in [1.82, 2.24) is 39.4 Å². The van der Waals surface area contributed by atoms with Gasteiger partial charge in [-0.1, -0.05) is 6.07 Å². The Morgan fingerprint density at radius 2 is 1.65 bits per heavy atom. The van der Waals surface area contributed by atoms with E-state index in [4.69, 9.17) is 14.2 Å². The number of fused-ring (bicyclic) bond motifs is 1. The molecule has 0 bridgehead atoms. The minimum Gasteiger partial charge on any atom is -0.494 e. The molecule has 43 heavy (non-hydrogen) atoms. The number of hydrogen-bond donors (Lipinski definition) is 1. The zero-order valence-corrected chi connectivity index (χ0v) is 24.0. The lowest BCUT2D eigenvalue weighted by molar-refractivity contribution is 0.0392. The summed E-state index contributed by atoms with van der Waals surface area (Å²) >= 11 is 0. The Kier molecular flexibility index (Phi) is 8.67.